The van der Waals surface area contributed by atoms with Crippen LogP contribution in [0.5, 0.6) is 34.5 Å². The van der Waals surface area contributed by atoms with Crippen molar-refractivity contribution in [3.8, 4) is 34.5 Å². The molecule has 0 spiro atoms. The monoisotopic (exact) mass is 624 g/mol. The standard InChI is InChI=1S/C36H52O7Si/c1-24(18-27-19-29(37-6)35(41-10)32(20-27)42-23-26-16-14-13-15-17-26)25(2)33(43-44(11,12)36(3,4)5)28-21-30(38-7)34(40-9)31(22-28)39-8/h13-17,19-22,24-25,33H,18,23H2,1-12H3/t24-,25-,33+/m1/s1. The van der Waals surface area contributed by atoms with Crippen molar-refractivity contribution in [2.75, 3.05) is 35.5 Å². The van der Waals surface area contributed by atoms with Gasteiger partial charge >= 0.3 is 0 Å². The summed E-state index contributed by atoms with van der Waals surface area (Å²) in [6.07, 6.45) is 0.582. The Morgan fingerprint density at radius 3 is 1.66 bits per heavy atom. The van der Waals surface area contributed by atoms with Crippen molar-refractivity contribution in [3.63, 3.8) is 0 Å². The molecule has 3 aromatic rings. The van der Waals surface area contributed by atoms with Crippen LogP contribution >= 0.6 is 0 Å². The fourth-order valence-electron chi connectivity index (χ4n) is 5.04. The van der Waals surface area contributed by atoms with Crippen LogP contribution in [-0.4, -0.2) is 43.9 Å². The third-order valence-electron chi connectivity index (χ3n) is 8.92. The molecule has 0 amide bonds. The van der Waals surface area contributed by atoms with Crippen molar-refractivity contribution in [1.82, 2.24) is 0 Å². The normalized spacial score (nSPS) is 13.9. The molecule has 0 aliphatic heterocycles. The number of hydrogen-bond acceptors (Lipinski definition) is 7. The summed E-state index contributed by atoms with van der Waals surface area (Å²) >= 11 is 0. The van der Waals surface area contributed by atoms with E-state index in [2.05, 4.69) is 53.8 Å². The fourth-order valence-corrected chi connectivity index (χ4v) is 6.38. The quantitative estimate of drug-likeness (QED) is 0.157. The van der Waals surface area contributed by atoms with Crippen molar-refractivity contribution >= 4 is 8.32 Å². The van der Waals surface area contributed by atoms with Crippen molar-refractivity contribution < 1.29 is 32.8 Å². The summed E-state index contributed by atoms with van der Waals surface area (Å²) in [6.45, 7) is 16.3. The lowest BCUT2D eigenvalue weighted by molar-refractivity contribution is 0.0955. The number of benzene rings is 3. The van der Waals surface area contributed by atoms with Gasteiger partial charge < -0.3 is 32.8 Å². The Kier molecular flexibility index (Phi) is 12.0. The lowest BCUT2D eigenvalue weighted by atomic mass is 9.83. The molecule has 0 unspecified atom stereocenters. The molecule has 0 saturated heterocycles. The molecule has 0 radical (unpaired) electrons. The molecule has 0 aliphatic carbocycles. The SMILES string of the molecule is COc1cc([C@@H](O[Si](C)(C)C(C)(C)C)[C@H](C)[C@H](C)Cc2cc(OC)c(OC)c(OCc3ccccc3)c2)cc(OC)c1OC. The minimum absolute atomic E-state index is 0.0309. The second-order valence-corrected chi connectivity index (χ2v) is 17.7. The van der Waals surface area contributed by atoms with Crippen LogP contribution in [0, 0.1) is 11.8 Å². The van der Waals surface area contributed by atoms with E-state index in [1.807, 2.05) is 48.5 Å². The summed E-state index contributed by atoms with van der Waals surface area (Å²) in [5.41, 5.74) is 3.18. The molecule has 0 fully saturated rings. The maximum atomic E-state index is 7.19. The molecule has 242 valence electrons. The number of methoxy groups -OCH3 is 5. The number of ether oxygens (including phenoxy) is 6. The molecule has 0 heterocycles. The topological polar surface area (TPSA) is 64.6 Å². The van der Waals surface area contributed by atoms with Crippen LogP contribution < -0.4 is 28.4 Å². The Hall–Kier alpha value is -3.36. The molecule has 8 heteroatoms. The van der Waals surface area contributed by atoms with E-state index in [9.17, 15) is 0 Å². The summed E-state index contributed by atoms with van der Waals surface area (Å²) < 4.78 is 42.0. The van der Waals surface area contributed by atoms with Gasteiger partial charge in [-0.25, -0.2) is 0 Å². The highest BCUT2D eigenvalue weighted by Crippen LogP contribution is 2.47. The maximum absolute atomic E-state index is 7.19. The molecule has 3 atom stereocenters. The first-order valence-corrected chi connectivity index (χ1v) is 18.1. The van der Waals surface area contributed by atoms with Crippen LogP contribution in [0.15, 0.2) is 54.6 Å². The Morgan fingerprint density at radius 2 is 1.16 bits per heavy atom. The predicted molar refractivity (Wildman–Crippen MR) is 179 cm³/mol. The van der Waals surface area contributed by atoms with E-state index >= 15 is 0 Å². The summed E-state index contributed by atoms with van der Waals surface area (Å²) in [5, 5.41) is 0.0309. The number of rotatable bonds is 15. The molecule has 0 bridgehead atoms. The molecule has 0 aliphatic rings. The Labute approximate surface area is 265 Å². The first kappa shape index (κ1) is 35.1. The van der Waals surface area contributed by atoms with E-state index in [1.54, 1.807) is 35.5 Å². The van der Waals surface area contributed by atoms with Gasteiger partial charge in [0, 0.05) is 0 Å². The number of hydrogen-bond donors (Lipinski definition) is 0. The van der Waals surface area contributed by atoms with Crippen LogP contribution in [-0.2, 0) is 17.5 Å². The Morgan fingerprint density at radius 1 is 0.659 bits per heavy atom. The molecule has 0 saturated carbocycles. The van der Waals surface area contributed by atoms with Gasteiger partial charge in [-0.05, 0) is 77.3 Å². The molecular weight excluding hydrogens is 572 g/mol. The summed E-state index contributed by atoms with van der Waals surface area (Å²) in [7, 11) is 6.02. The summed E-state index contributed by atoms with van der Waals surface area (Å²) in [6, 6.07) is 18.3. The minimum atomic E-state index is -2.18. The van der Waals surface area contributed by atoms with E-state index in [0.29, 0.717) is 41.1 Å². The highest BCUT2D eigenvalue weighted by Gasteiger charge is 2.41. The van der Waals surface area contributed by atoms with Crippen LogP contribution in [0.2, 0.25) is 18.1 Å². The third kappa shape index (κ3) is 8.21. The van der Waals surface area contributed by atoms with E-state index < -0.39 is 8.32 Å². The van der Waals surface area contributed by atoms with Gasteiger partial charge in [0.05, 0.1) is 41.7 Å². The van der Waals surface area contributed by atoms with Gasteiger partial charge in [0.15, 0.2) is 31.3 Å². The van der Waals surface area contributed by atoms with Gasteiger partial charge in [0.2, 0.25) is 11.5 Å². The van der Waals surface area contributed by atoms with Crippen LogP contribution in [0.4, 0.5) is 0 Å². The van der Waals surface area contributed by atoms with Crippen molar-refractivity contribution in [2.24, 2.45) is 11.8 Å². The fraction of sp³-hybridized carbons (Fsp3) is 0.500. The van der Waals surface area contributed by atoms with E-state index in [-0.39, 0.29) is 23.0 Å². The highest BCUT2D eigenvalue weighted by molar-refractivity contribution is 6.74. The van der Waals surface area contributed by atoms with Crippen LogP contribution in [0.25, 0.3) is 0 Å². The second kappa shape index (κ2) is 15.1. The van der Waals surface area contributed by atoms with Gasteiger partial charge in [0.1, 0.15) is 6.61 Å². The van der Waals surface area contributed by atoms with E-state index in [0.717, 1.165) is 23.1 Å². The zero-order valence-electron chi connectivity index (χ0n) is 28.7. The molecule has 44 heavy (non-hydrogen) atoms. The van der Waals surface area contributed by atoms with Gasteiger partial charge in [-0.1, -0.05) is 65.0 Å². The largest absolute Gasteiger partial charge is 0.493 e. The zero-order valence-corrected chi connectivity index (χ0v) is 29.7. The van der Waals surface area contributed by atoms with Crippen molar-refractivity contribution in [1.29, 1.82) is 0 Å². The average Bonchev–Trinajstić information content (AvgIpc) is 3.00. The van der Waals surface area contributed by atoms with Gasteiger partial charge in [-0.3, -0.25) is 0 Å². The summed E-state index contributed by atoms with van der Waals surface area (Å²) in [5.74, 6) is 4.05. The average molecular weight is 625 g/mol. The molecular formula is C36H52O7Si. The van der Waals surface area contributed by atoms with Gasteiger partial charge in [0.25, 0.3) is 0 Å². The molecule has 0 aromatic heterocycles. The predicted octanol–water partition coefficient (Wildman–Crippen LogP) is 8.89. The molecule has 7 nitrogen and oxygen atoms in total. The van der Waals surface area contributed by atoms with Crippen molar-refractivity contribution in [2.45, 2.75) is 71.9 Å². The van der Waals surface area contributed by atoms with Crippen LogP contribution in [0.1, 0.15) is 57.4 Å². The molecule has 3 rings (SSSR count). The molecule has 3 aromatic carbocycles. The minimum Gasteiger partial charge on any atom is -0.493 e. The molecule has 0 N–H and O–H groups in total. The smallest absolute Gasteiger partial charge is 0.203 e. The lowest BCUT2D eigenvalue weighted by Crippen LogP contribution is -2.43. The van der Waals surface area contributed by atoms with Crippen LogP contribution in [0.3, 0.4) is 0 Å². The maximum Gasteiger partial charge on any atom is 0.203 e. The highest BCUT2D eigenvalue weighted by atomic mass is 28.4. The third-order valence-corrected chi connectivity index (χ3v) is 13.4. The zero-order chi connectivity index (χ0) is 32.7. The van der Waals surface area contributed by atoms with E-state index in [4.69, 9.17) is 32.8 Å². The van der Waals surface area contributed by atoms with Gasteiger partial charge in [-0.2, -0.15) is 0 Å². The summed E-state index contributed by atoms with van der Waals surface area (Å²) in [4.78, 5) is 0. The van der Waals surface area contributed by atoms with E-state index in [1.165, 1.54) is 0 Å². The Balaban J connectivity index is 2.00. The lowest BCUT2D eigenvalue weighted by Gasteiger charge is -2.42. The first-order chi connectivity index (χ1) is 20.8. The second-order valence-electron chi connectivity index (χ2n) is 12.9. The first-order valence-electron chi connectivity index (χ1n) is 15.2. The Bertz CT molecular complexity index is 1330. The van der Waals surface area contributed by atoms with Gasteiger partial charge in [-0.15, -0.1) is 0 Å². The van der Waals surface area contributed by atoms with Crippen molar-refractivity contribution in [3.05, 3.63) is 71.3 Å².